The molecule has 5 heteroatoms. The van der Waals surface area contributed by atoms with Crippen molar-refractivity contribution in [2.24, 2.45) is 0 Å². The normalized spacial score (nSPS) is 15.8. The van der Waals surface area contributed by atoms with Crippen molar-refractivity contribution in [2.75, 3.05) is 0 Å². The van der Waals surface area contributed by atoms with E-state index in [4.69, 9.17) is 28.2 Å². The smallest absolute Gasteiger partial charge is 0.162 e. The lowest BCUT2D eigenvalue weighted by Crippen LogP contribution is -2.03. The van der Waals surface area contributed by atoms with Crippen molar-refractivity contribution < 1.29 is 0 Å². The Kier molecular flexibility index (Phi) is 4.29. The fraction of sp³-hybridized carbons (Fsp3) is 0.333. The standard InChI is InChI=1S/C15H13BrCl2N2/c16-12-13(9-5-1-2-6-9)19-15(20-14(12)18)10-7-3-4-8-11(10)17/h3-4,7-9H,1-2,5-6H2. The second-order valence-corrected chi connectivity index (χ2v) is 6.56. The zero-order chi connectivity index (χ0) is 14.1. The van der Waals surface area contributed by atoms with Gasteiger partial charge >= 0.3 is 0 Å². The average molecular weight is 372 g/mol. The Morgan fingerprint density at radius 3 is 2.45 bits per heavy atom. The number of halogens is 3. The molecule has 0 bridgehead atoms. The first kappa shape index (κ1) is 14.3. The molecule has 1 aliphatic rings. The van der Waals surface area contributed by atoms with E-state index in [1.54, 1.807) is 0 Å². The van der Waals surface area contributed by atoms with Crippen molar-refractivity contribution in [3.05, 3.63) is 44.6 Å². The highest BCUT2D eigenvalue weighted by molar-refractivity contribution is 9.10. The quantitative estimate of drug-likeness (QED) is 0.617. The summed E-state index contributed by atoms with van der Waals surface area (Å²) >= 11 is 16.0. The first-order valence-electron chi connectivity index (χ1n) is 6.64. The lowest BCUT2D eigenvalue weighted by molar-refractivity contribution is 0.691. The molecule has 104 valence electrons. The maximum Gasteiger partial charge on any atom is 0.162 e. The maximum atomic E-state index is 6.26. The first-order valence-corrected chi connectivity index (χ1v) is 8.19. The van der Waals surface area contributed by atoms with Crippen LogP contribution in [0.2, 0.25) is 10.2 Å². The van der Waals surface area contributed by atoms with E-state index >= 15 is 0 Å². The molecule has 0 amide bonds. The van der Waals surface area contributed by atoms with Crippen LogP contribution in [-0.4, -0.2) is 9.97 Å². The Hall–Kier alpha value is -0.640. The largest absolute Gasteiger partial charge is 0.231 e. The van der Waals surface area contributed by atoms with E-state index in [9.17, 15) is 0 Å². The summed E-state index contributed by atoms with van der Waals surface area (Å²) in [7, 11) is 0. The zero-order valence-corrected chi connectivity index (χ0v) is 13.8. The fourth-order valence-electron chi connectivity index (χ4n) is 2.67. The van der Waals surface area contributed by atoms with Gasteiger partial charge in [-0.1, -0.05) is 48.2 Å². The number of hydrogen-bond donors (Lipinski definition) is 0. The Morgan fingerprint density at radius 2 is 1.75 bits per heavy atom. The first-order chi connectivity index (χ1) is 9.66. The van der Waals surface area contributed by atoms with E-state index in [-0.39, 0.29) is 0 Å². The summed E-state index contributed by atoms with van der Waals surface area (Å²) in [4.78, 5) is 9.08. The molecular formula is C15H13BrCl2N2. The number of aromatic nitrogens is 2. The van der Waals surface area contributed by atoms with Gasteiger partial charge in [-0.05, 0) is 40.9 Å². The van der Waals surface area contributed by atoms with Crippen LogP contribution in [0.25, 0.3) is 11.4 Å². The highest BCUT2D eigenvalue weighted by Crippen LogP contribution is 2.40. The third kappa shape index (κ3) is 2.72. The molecule has 1 aromatic heterocycles. The van der Waals surface area contributed by atoms with Crippen LogP contribution in [0.1, 0.15) is 37.3 Å². The predicted molar refractivity (Wildman–Crippen MR) is 86.4 cm³/mol. The van der Waals surface area contributed by atoms with E-state index in [2.05, 4.69) is 20.9 Å². The molecular weight excluding hydrogens is 359 g/mol. The summed E-state index contributed by atoms with van der Waals surface area (Å²) < 4.78 is 0.821. The summed E-state index contributed by atoms with van der Waals surface area (Å²) in [5.74, 6) is 1.07. The summed E-state index contributed by atoms with van der Waals surface area (Å²) in [5.41, 5.74) is 1.83. The van der Waals surface area contributed by atoms with Gasteiger partial charge in [0.1, 0.15) is 5.15 Å². The van der Waals surface area contributed by atoms with Crippen molar-refractivity contribution >= 4 is 39.1 Å². The van der Waals surface area contributed by atoms with Gasteiger partial charge in [-0.2, -0.15) is 0 Å². The van der Waals surface area contributed by atoms with Crippen LogP contribution in [-0.2, 0) is 0 Å². The van der Waals surface area contributed by atoms with E-state index in [1.807, 2.05) is 24.3 Å². The Labute approximate surface area is 136 Å². The van der Waals surface area contributed by atoms with Crippen LogP contribution in [0, 0.1) is 0 Å². The fourth-order valence-corrected chi connectivity index (χ4v) is 3.57. The summed E-state index contributed by atoms with van der Waals surface area (Å²) in [5, 5.41) is 1.10. The van der Waals surface area contributed by atoms with Crippen LogP contribution >= 0.6 is 39.1 Å². The molecule has 0 saturated heterocycles. The van der Waals surface area contributed by atoms with Crippen LogP contribution in [0.5, 0.6) is 0 Å². The van der Waals surface area contributed by atoms with Gasteiger partial charge in [0, 0.05) is 11.5 Å². The maximum absolute atomic E-state index is 6.26. The number of hydrogen-bond acceptors (Lipinski definition) is 2. The monoisotopic (exact) mass is 370 g/mol. The van der Waals surface area contributed by atoms with Crippen LogP contribution in [0.15, 0.2) is 28.7 Å². The van der Waals surface area contributed by atoms with Crippen molar-refractivity contribution in [3.8, 4) is 11.4 Å². The summed E-state index contributed by atoms with van der Waals surface area (Å²) in [6.07, 6.45) is 4.82. The van der Waals surface area contributed by atoms with Gasteiger partial charge in [0.2, 0.25) is 0 Å². The van der Waals surface area contributed by atoms with Crippen LogP contribution < -0.4 is 0 Å². The molecule has 0 radical (unpaired) electrons. The van der Waals surface area contributed by atoms with Gasteiger partial charge in [-0.25, -0.2) is 9.97 Å². The Bertz CT molecular complexity index is 640. The summed E-state index contributed by atoms with van der Waals surface area (Å²) in [6.45, 7) is 0. The molecule has 1 fully saturated rings. The molecule has 0 atom stereocenters. The van der Waals surface area contributed by atoms with Crippen molar-refractivity contribution in [1.82, 2.24) is 9.97 Å². The molecule has 1 aromatic carbocycles. The number of nitrogens with zero attached hydrogens (tertiary/aromatic N) is 2. The van der Waals surface area contributed by atoms with Crippen LogP contribution in [0.3, 0.4) is 0 Å². The molecule has 0 unspecified atom stereocenters. The van der Waals surface area contributed by atoms with Gasteiger partial charge in [0.05, 0.1) is 15.2 Å². The molecule has 1 heterocycles. The van der Waals surface area contributed by atoms with Gasteiger partial charge in [0.15, 0.2) is 5.82 Å². The van der Waals surface area contributed by atoms with Gasteiger partial charge in [0.25, 0.3) is 0 Å². The van der Waals surface area contributed by atoms with E-state index in [0.717, 1.165) is 28.6 Å². The molecule has 2 aromatic rings. The van der Waals surface area contributed by atoms with Gasteiger partial charge in [-0.3, -0.25) is 0 Å². The average Bonchev–Trinajstić information content (AvgIpc) is 2.96. The predicted octanol–water partition coefficient (Wildman–Crippen LogP) is 5.87. The molecule has 20 heavy (non-hydrogen) atoms. The SMILES string of the molecule is Clc1ccccc1-c1nc(Cl)c(Br)c(C2CCCC2)n1. The number of benzene rings is 1. The highest BCUT2D eigenvalue weighted by Gasteiger charge is 2.24. The molecule has 3 rings (SSSR count). The minimum Gasteiger partial charge on any atom is -0.231 e. The second-order valence-electron chi connectivity index (χ2n) is 5.00. The van der Waals surface area contributed by atoms with Crippen LogP contribution in [0.4, 0.5) is 0 Å². The third-order valence-electron chi connectivity index (χ3n) is 3.69. The minimum absolute atomic E-state index is 0.455. The lowest BCUT2D eigenvalue weighted by Gasteiger charge is -2.13. The van der Waals surface area contributed by atoms with Gasteiger partial charge < -0.3 is 0 Å². The molecule has 0 aliphatic heterocycles. The molecule has 1 saturated carbocycles. The topological polar surface area (TPSA) is 25.8 Å². The number of rotatable bonds is 2. The van der Waals surface area contributed by atoms with Crippen molar-refractivity contribution in [3.63, 3.8) is 0 Å². The highest BCUT2D eigenvalue weighted by atomic mass is 79.9. The van der Waals surface area contributed by atoms with Crippen molar-refractivity contribution in [1.29, 1.82) is 0 Å². The lowest BCUT2D eigenvalue weighted by atomic mass is 10.0. The van der Waals surface area contributed by atoms with Crippen molar-refractivity contribution in [2.45, 2.75) is 31.6 Å². The molecule has 0 N–H and O–H groups in total. The van der Waals surface area contributed by atoms with E-state index in [1.165, 1.54) is 12.8 Å². The molecule has 2 nitrogen and oxygen atoms in total. The Morgan fingerprint density at radius 1 is 1.05 bits per heavy atom. The molecule has 0 spiro atoms. The Balaban J connectivity index is 2.11. The van der Waals surface area contributed by atoms with E-state index in [0.29, 0.717) is 21.9 Å². The minimum atomic E-state index is 0.455. The van der Waals surface area contributed by atoms with E-state index < -0.39 is 0 Å². The second kappa shape index (κ2) is 6.00. The summed E-state index contributed by atoms with van der Waals surface area (Å²) in [6, 6.07) is 7.58. The molecule has 1 aliphatic carbocycles. The van der Waals surface area contributed by atoms with Gasteiger partial charge in [-0.15, -0.1) is 0 Å². The zero-order valence-electron chi connectivity index (χ0n) is 10.7. The third-order valence-corrected chi connectivity index (χ3v) is 5.31.